The lowest BCUT2D eigenvalue weighted by Gasteiger charge is -2.35. The Labute approximate surface area is 158 Å². The van der Waals surface area contributed by atoms with Crippen LogP contribution in [0.2, 0.25) is 0 Å². The summed E-state index contributed by atoms with van der Waals surface area (Å²) in [6.45, 7) is -0.416. The second kappa shape index (κ2) is 6.45. The number of piperidine rings is 1. The summed E-state index contributed by atoms with van der Waals surface area (Å²) < 4.78 is 0. The number of carboxylic acids is 1. The number of nitrogens with one attached hydrogen (secondary N) is 2. The van der Waals surface area contributed by atoms with Crippen LogP contribution in [0, 0.1) is 0 Å². The fraction of sp³-hybridized carbons (Fsp3) is 0.211. The van der Waals surface area contributed by atoms with Gasteiger partial charge in [-0.3, -0.25) is 34.2 Å². The molecule has 0 aliphatic carbocycles. The van der Waals surface area contributed by atoms with E-state index in [2.05, 4.69) is 10.6 Å². The van der Waals surface area contributed by atoms with Crippen LogP contribution in [0.3, 0.4) is 0 Å². The summed E-state index contributed by atoms with van der Waals surface area (Å²) >= 11 is 0. The van der Waals surface area contributed by atoms with E-state index in [0.717, 1.165) is 4.90 Å². The number of carboxylic acid groups (broad SMARTS) is 1. The maximum absolute atomic E-state index is 13.3. The number of anilines is 1. The second-order valence-corrected chi connectivity index (χ2v) is 6.59. The first-order valence-corrected chi connectivity index (χ1v) is 8.61. The predicted octanol–water partition coefficient (Wildman–Crippen LogP) is 0.737. The van der Waals surface area contributed by atoms with Crippen LogP contribution in [0.25, 0.3) is 10.8 Å². The van der Waals surface area contributed by atoms with Gasteiger partial charge in [0, 0.05) is 23.1 Å². The molecule has 142 valence electrons. The molecule has 0 aromatic heterocycles. The van der Waals surface area contributed by atoms with Crippen molar-refractivity contribution < 1.29 is 29.1 Å². The molecular weight excluding hydrogens is 366 g/mol. The molecule has 2 aromatic rings. The smallest absolute Gasteiger partial charge is 0.322 e. The molecule has 3 N–H and O–H groups in total. The first-order valence-electron chi connectivity index (χ1n) is 8.61. The van der Waals surface area contributed by atoms with Crippen molar-refractivity contribution in [1.82, 2.24) is 10.2 Å². The number of hydrogen-bond acceptors (Lipinski definition) is 6. The standard InChI is InChI=1S/C19H15N3O6/c23-13-7-6-12(17(26)21-13)22-18(27)10-3-1-2-9-4-5-11(20-8-14(24)25)16(15(9)10)19(22)28/h1-5,12,20H,6-8H2,(H,24,25)(H,21,23,26). The zero-order valence-corrected chi connectivity index (χ0v) is 14.5. The number of rotatable bonds is 4. The van der Waals surface area contributed by atoms with Crippen molar-refractivity contribution in [1.29, 1.82) is 0 Å². The van der Waals surface area contributed by atoms with Crippen LogP contribution in [-0.4, -0.2) is 52.2 Å². The van der Waals surface area contributed by atoms with Crippen LogP contribution in [0.15, 0.2) is 30.3 Å². The van der Waals surface area contributed by atoms with E-state index < -0.39 is 42.2 Å². The largest absolute Gasteiger partial charge is 0.480 e. The van der Waals surface area contributed by atoms with Gasteiger partial charge in [0.15, 0.2) is 0 Å². The third-order valence-electron chi connectivity index (χ3n) is 4.88. The highest BCUT2D eigenvalue weighted by Crippen LogP contribution is 2.36. The number of imide groups is 2. The van der Waals surface area contributed by atoms with Gasteiger partial charge in [0.2, 0.25) is 11.8 Å². The summed E-state index contributed by atoms with van der Waals surface area (Å²) in [6.07, 6.45) is 0.0572. The van der Waals surface area contributed by atoms with Gasteiger partial charge in [-0.1, -0.05) is 18.2 Å². The Balaban J connectivity index is 1.86. The summed E-state index contributed by atoms with van der Waals surface area (Å²) in [7, 11) is 0. The molecule has 2 aliphatic heterocycles. The lowest BCUT2D eigenvalue weighted by Crippen LogP contribution is -2.57. The number of amides is 4. The highest BCUT2D eigenvalue weighted by Gasteiger charge is 2.43. The average molecular weight is 381 g/mol. The lowest BCUT2D eigenvalue weighted by atomic mass is 9.90. The van der Waals surface area contributed by atoms with Gasteiger partial charge < -0.3 is 10.4 Å². The Morgan fingerprint density at radius 2 is 1.93 bits per heavy atom. The Kier molecular flexibility index (Phi) is 4.07. The zero-order chi connectivity index (χ0) is 20.0. The zero-order valence-electron chi connectivity index (χ0n) is 14.5. The number of carbonyl (C=O) groups excluding carboxylic acids is 4. The van der Waals surface area contributed by atoms with Crippen molar-refractivity contribution in [3.05, 3.63) is 41.5 Å². The fourth-order valence-corrected chi connectivity index (χ4v) is 3.65. The van der Waals surface area contributed by atoms with Gasteiger partial charge >= 0.3 is 5.97 Å². The molecule has 9 heteroatoms. The summed E-state index contributed by atoms with van der Waals surface area (Å²) in [5, 5.41) is 14.9. The van der Waals surface area contributed by atoms with Crippen LogP contribution in [-0.2, 0) is 14.4 Å². The van der Waals surface area contributed by atoms with Crippen LogP contribution >= 0.6 is 0 Å². The Hall–Kier alpha value is -3.75. The van der Waals surface area contributed by atoms with Gasteiger partial charge in [-0.15, -0.1) is 0 Å². The van der Waals surface area contributed by atoms with Crippen molar-refractivity contribution in [2.45, 2.75) is 18.9 Å². The minimum Gasteiger partial charge on any atom is -0.480 e. The van der Waals surface area contributed by atoms with E-state index in [0.29, 0.717) is 10.8 Å². The molecule has 1 unspecified atom stereocenters. The minimum atomic E-state index is -1.11. The quantitative estimate of drug-likeness (QED) is 0.665. The number of carbonyl (C=O) groups is 5. The van der Waals surface area contributed by atoms with Gasteiger partial charge in [0.05, 0.1) is 5.56 Å². The molecule has 1 atom stereocenters. The van der Waals surface area contributed by atoms with Crippen molar-refractivity contribution in [3.63, 3.8) is 0 Å². The topological polar surface area (TPSA) is 133 Å². The van der Waals surface area contributed by atoms with Gasteiger partial charge in [0.25, 0.3) is 11.8 Å². The highest BCUT2D eigenvalue weighted by atomic mass is 16.4. The minimum absolute atomic E-state index is 0.0173. The molecule has 2 aliphatic rings. The van der Waals surface area contributed by atoms with E-state index in [1.165, 1.54) is 0 Å². The third kappa shape index (κ3) is 2.68. The van der Waals surface area contributed by atoms with E-state index in [4.69, 9.17) is 5.11 Å². The summed E-state index contributed by atoms with van der Waals surface area (Å²) in [5.74, 6) is -3.58. The predicted molar refractivity (Wildman–Crippen MR) is 96.7 cm³/mol. The summed E-state index contributed by atoms with van der Waals surface area (Å²) in [6, 6.07) is 7.12. The Morgan fingerprint density at radius 3 is 2.64 bits per heavy atom. The molecule has 4 rings (SSSR count). The number of nitrogens with zero attached hydrogens (tertiary/aromatic N) is 1. The Bertz CT molecular complexity index is 1080. The van der Waals surface area contributed by atoms with Gasteiger partial charge in [-0.2, -0.15) is 0 Å². The summed E-state index contributed by atoms with van der Waals surface area (Å²) in [5.41, 5.74) is 0.645. The molecule has 4 amide bonds. The molecule has 2 heterocycles. The van der Waals surface area contributed by atoms with Crippen molar-refractivity contribution >= 4 is 46.1 Å². The molecule has 1 fully saturated rings. The lowest BCUT2D eigenvalue weighted by molar-refractivity contribution is -0.137. The molecule has 28 heavy (non-hydrogen) atoms. The van der Waals surface area contributed by atoms with Crippen LogP contribution < -0.4 is 10.6 Å². The molecule has 1 saturated heterocycles. The molecule has 0 saturated carbocycles. The first kappa shape index (κ1) is 17.7. The average Bonchev–Trinajstić information content (AvgIpc) is 2.66. The molecule has 9 nitrogen and oxygen atoms in total. The Morgan fingerprint density at radius 1 is 1.14 bits per heavy atom. The molecule has 0 spiro atoms. The second-order valence-electron chi connectivity index (χ2n) is 6.59. The van der Waals surface area contributed by atoms with E-state index >= 15 is 0 Å². The molecule has 0 radical (unpaired) electrons. The van der Waals surface area contributed by atoms with Gasteiger partial charge in [-0.05, 0) is 23.9 Å². The SMILES string of the molecule is O=C(O)CNc1ccc2cccc3c2c1C(=O)N(C1CCC(=O)NC1=O)C3=O. The molecule has 0 bridgehead atoms. The number of aliphatic carboxylic acids is 1. The fourth-order valence-electron chi connectivity index (χ4n) is 3.65. The normalized spacial score (nSPS) is 19.0. The first-order chi connectivity index (χ1) is 13.4. The van der Waals surface area contributed by atoms with Crippen LogP contribution in [0.1, 0.15) is 33.6 Å². The number of hydrogen-bond donors (Lipinski definition) is 3. The number of benzene rings is 2. The van der Waals surface area contributed by atoms with Crippen molar-refractivity contribution in [2.75, 3.05) is 11.9 Å². The maximum atomic E-state index is 13.3. The van der Waals surface area contributed by atoms with Gasteiger partial charge in [0.1, 0.15) is 12.6 Å². The van der Waals surface area contributed by atoms with Crippen LogP contribution in [0.4, 0.5) is 5.69 Å². The monoisotopic (exact) mass is 381 g/mol. The molecule has 2 aromatic carbocycles. The van der Waals surface area contributed by atoms with E-state index in [1.54, 1.807) is 30.3 Å². The molecular formula is C19H15N3O6. The van der Waals surface area contributed by atoms with Crippen LogP contribution in [0.5, 0.6) is 0 Å². The third-order valence-corrected chi connectivity index (χ3v) is 4.88. The van der Waals surface area contributed by atoms with E-state index in [1.807, 2.05) is 0 Å². The van der Waals surface area contributed by atoms with E-state index in [-0.39, 0.29) is 29.7 Å². The van der Waals surface area contributed by atoms with Crippen molar-refractivity contribution in [3.8, 4) is 0 Å². The van der Waals surface area contributed by atoms with Crippen molar-refractivity contribution in [2.24, 2.45) is 0 Å². The van der Waals surface area contributed by atoms with Gasteiger partial charge in [-0.25, -0.2) is 0 Å². The maximum Gasteiger partial charge on any atom is 0.322 e. The highest BCUT2D eigenvalue weighted by molar-refractivity contribution is 6.28. The summed E-state index contributed by atoms with van der Waals surface area (Å²) in [4.78, 5) is 61.8. The van der Waals surface area contributed by atoms with E-state index in [9.17, 15) is 24.0 Å².